The van der Waals surface area contributed by atoms with E-state index in [2.05, 4.69) is 69.3 Å². The van der Waals surface area contributed by atoms with Gasteiger partial charge in [-0.1, -0.05) is 100.0 Å². The third kappa shape index (κ3) is 7.15. The van der Waals surface area contributed by atoms with Gasteiger partial charge < -0.3 is 0 Å². The lowest BCUT2D eigenvalue weighted by Crippen LogP contribution is -1.80. The zero-order valence-electron chi connectivity index (χ0n) is 15.9. The number of aryl methyl sites for hydroxylation is 3. The molecule has 0 saturated carbocycles. The Morgan fingerprint density at radius 2 is 0.783 bits per heavy atom. The molecule has 0 heteroatoms. The molecule has 0 spiro atoms. The first kappa shape index (κ1) is 20.9. The van der Waals surface area contributed by atoms with E-state index >= 15 is 0 Å². The zero-order valence-corrected chi connectivity index (χ0v) is 15.9. The van der Waals surface area contributed by atoms with Gasteiger partial charge in [0, 0.05) is 0 Å². The molecule has 0 N–H and O–H groups in total. The summed E-state index contributed by atoms with van der Waals surface area (Å²) in [6.07, 6.45) is 0. The van der Waals surface area contributed by atoms with Crippen molar-refractivity contribution in [1.82, 2.24) is 0 Å². The summed E-state index contributed by atoms with van der Waals surface area (Å²) in [4.78, 5) is 0. The lowest BCUT2D eigenvalue weighted by Gasteiger charge is -2.03. The highest BCUT2D eigenvalue weighted by Crippen LogP contribution is 2.20. The minimum Gasteiger partial charge on any atom is -0.0683 e. The fourth-order valence-electron chi connectivity index (χ4n) is 2.13. The van der Waals surface area contributed by atoms with Crippen LogP contribution in [0.2, 0.25) is 0 Å². The maximum atomic E-state index is 2.18. The molecule has 0 fully saturated rings. The van der Waals surface area contributed by atoms with Crippen LogP contribution in [0.25, 0.3) is 10.8 Å². The van der Waals surface area contributed by atoms with Gasteiger partial charge >= 0.3 is 0 Å². The van der Waals surface area contributed by atoms with Crippen molar-refractivity contribution in [2.24, 2.45) is 0 Å². The second-order valence-electron chi connectivity index (χ2n) is 4.90. The molecule has 3 rings (SSSR count). The quantitative estimate of drug-likeness (QED) is 0.403. The topological polar surface area (TPSA) is 0 Å². The summed E-state index contributed by atoms with van der Waals surface area (Å²) in [6.45, 7) is 14.4. The van der Waals surface area contributed by atoms with Gasteiger partial charge in [0.05, 0.1) is 0 Å². The Bertz CT molecular complexity index is 611. The fourth-order valence-corrected chi connectivity index (χ4v) is 2.13. The second kappa shape index (κ2) is 12.5. The summed E-state index contributed by atoms with van der Waals surface area (Å²) in [5.41, 5.74) is 4.04. The average molecular weight is 309 g/mol. The Morgan fingerprint density at radius 3 is 1.09 bits per heavy atom. The van der Waals surface area contributed by atoms with Crippen LogP contribution in [0.3, 0.4) is 0 Å². The number of hydrogen-bond donors (Lipinski definition) is 0. The van der Waals surface area contributed by atoms with Gasteiger partial charge in [0.2, 0.25) is 0 Å². The molecule has 0 aliphatic carbocycles. The highest BCUT2D eigenvalue weighted by atomic mass is 14.0. The van der Waals surface area contributed by atoms with E-state index in [4.69, 9.17) is 0 Å². The van der Waals surface area contributed by atoms with Crippen LogP contribution in [0.15, 0.2) is 66.7 Å². The first-order chi connectivity index (χ1) is 11.2. The van der Waals surface area contributed by atoms with Crippen molar-refractivity contribution in [3.63, 3.8) is 0 Å². The van der Waals surface area contributed by atoms with Gasteiger partial charge in [-0.25, -0.2) is 0 Å². The Balaban J connectivity index is 0.000000377. The summed E-state index contributed by atoms with van der Waals surface area (Å²) in [5, 5.41) is 2.75. The van der Waals surface area contributed by atoms with Crippen molar-refractivity contribution in [1.29, 1.82) is 0 Å². The van der Waals surface area contributed by atoms with Gasteiger partial charge in [0.25, 0.3) is 0 Å². The maximum absolute atomic E-state index is 2.18. The van der Waals surface area contributed by atoms with Crippen LogP contribution in [0.4, 0.5) is 0 Å². The molecule has 0 heterocycles. The van der Waals surface area contributed by atoms with Crippen LogP contribution >= 0.6 is 0 Å². The highest BCUT2D eigenvalue weighted by Gasteiger charge is 1.97. The van der Waals surface area contributed by atoms with E-state index in [0.717, 1.165) is 0 Å². The van der Waals surface area contributed by atoms with Gasteiger partial charge in [-0.15, -0.1) is 0 Å². The van der Waals surface area contributed by atoms with E-state index in [1.54, 1.807) is 0 Å². The average Bonchev–Trinajstić information content (AvgIpc) is 2.63. The molecule has 0 radical (unpaired) electrons. The van der Waals surface area contributed by atoms with Crippen molar-refractivity contribution >= 4 is 10.8 Å². The third-order valence-corrected chi connectivity index (χ3v) is 3.30. The molecule has 0 aliphatic heterocycles. The van der Waals surface area contributed by atoms with Crippen LogP contribution in [-0.4, -0.2) is 0 Å². The summed E-state index contributed by atoms with van der Waals surface area (Å²) >= 11 is 0. The molecule has 3 aromatic rings. The van der Waals surface area contributed by atoms with E-state index in [0.29, 0.717) is 0 Å². The minimum absolute atomic E-state index is 1.32. The Morgan fingerprint density at radius 1 is 0.435 bits per heavy atom. The zero-order chi connectivity index (χ0) is 17.7. The minimum atomic E-state index is 1.32. The molecule has 23 heavy (non-hydrogen) atoms. The molecule has 0 atom stereocenters. The Labute approximate surface area is 143 Å². The van der Waals surface area contributed by atoms with Crippen molar-refractivity contribution in [3.05, 3.63) is 83.4 Å². The first-order valence-electron chi connectivity index (χ1n) is 8.65. The largest absolute Gasteiger partial charge is 0.0683 e. The molecule has 124 valence electrons. The number of rotatable bonds is 0. The lowest BCUT2D eigenvalue weighted by atomic mass is 10.0. The predicted molar refractivity (Wildman–Crippen MR) is 107 cm³/mol. The third-order valence-electron chi connectivity index (χ3n) is 3.30. The second-order valence-corrected chi connectivity index (χ2v) is 4.90. The van der Waals surface area contributed by atoms with Crippen molar-refractivity contribution < 1.29 is 0 Å². The molecule has 0 aliphatic rings. The molecule has 0 amide bonds. The highest BCUT2D eigenvalue weighted by molar-refractivity contribution is 5.88. The summed E-state index contributed by atoms with van der Waals surface area (Å²) in [5.74, 6) is 0. The van der Waals surface area contributed by atoms with Crippen LogP contribution < -0.4 is 0 Å². The lowest BCUT2D eigenvalue weighted by molar-refractivity contribution is 1.46. The Kier molecular flexibility index (Phi) is 11.3. The van der Waals surface area contributed by atoms with E-state index < -0.39 is 0 Å². The molecule has 0 unspecified atom stereocenters. The van der Waals surface area contributed by atoms with Crippen molar-refractivity contribution in [2.75, 3.05) is 0 Å². The van der Waals surface area contributed by atoms with Crippen LogP contribution in [0, 0.1) is 20.8 Å². The van der Waals surface area contributed by atoms with Crippen molar-refractivity contribution in [3.8, 4) is 0 Å². The van der Waals surface area contributed by atoms with Gasteiger partial charge in [0.1, 0.15) is 0 Å². The van der Waals surface area contributed by atoms with Gasteiger partial charge in [-0.2, -0.15) is 0 Å². The summed E-state index contributed by atoms with van der Waals surface area (Å²) < 4.78 is 0. The van der Waals surface area contributed by atoms with Gasteiger partial charge in [-0.05, 0) is 42.7 Å². The van der Waals surface area contributed by atoms with Gasteiger partial charge in [0.15, 0.2) is 0 Å². The molecule has 0 nitrogen and oxygen atoms in total. The molecule has 0 aromatic heterocycles. The SMILES string of the molecule is CC.CC.Cc1ccc(C)c2ccccc12.Cc1ccccc1. The molecular weight excluding hydrogens is 276 g/mol. The van der Waals surface area contributed by atoms with Crippen LogP contribution in [0.5, 0.6) is 0 Å². The standard InChI is InChI=1S/C12H12.C7H8.2C2H6/c1-9-7-8-10(2)12-6-4-3-5-11(9)12;1-7-5-3-2-4-6-7;2*1-2/h3-8H,1-2H3;2-6H,1H3;2*1-2H3. The maximum Gasteiger partial charge on any atom is -0.0152 e. The molecular formula is C23H32. The Hall–Kier alpha value is -2.08. The summed E-state index contributed by atoms with van der Waals surface area (Å²) in [6, 6.07) is 23.2. The molecule has 3 aromatic carbocycles. The fraction of sp³-hybridized carbons (Fsp3) is 0.304. The number of fused-ring (bicyclic) bond motifs is 1. The number of benzene rings is 3. The van der Waals surface area contributed by atoms with Crippen LogP contribution in [-0.2, 0) is 0 Å². The monoisotopic (exact) mass is 308 g/mol. The number of hydrogen-bond acceptors (Lipinski definition) is 0. The van der Waals surface area contributed by atoms with E-state index in [9.17, 15) is 0 Å². The molecule has 0 saturated heterocycles. The van der Waals surface area contributed by atoms with E-state index in [1.807, 2.05) is 45.9 Å². The predicted octanol–water partition coefficient (Wildman–Crippen LogP) is 7.50. The molecule has 0 bridgehead atoms. The normalized spacial score (nSPS) is 8.65. The summed E-state index contributed by atoms with van der Waals surface area (Å²) in [7, 11) is 0. The smallest absolute Gasteiger partial charge is 0.0152 e. The van der Waals surface area contributed by atoms with E-state index in [1.165, 1.54) is 27.5 Å². The van der Waals surface area contributed by atoms with Crippen LogP contribution in [0.1, 0.15) is 44.4 Å². The van der Waals surface area contributed by atoms with Crippen molar-refractivity contribution in [2.45, 2.75) is 48.5 Å². The van der Waals surface area contributed by atoms with Gasteiger partial charge in [-0.3, -0.25) is 0 Å². The first-order valence-corrected chi connectivity index (χ1v) is 8.65. The van der Waals surface area contributed by atoms with E-state index in [-0.39, 0.29) is 0 Å².